The van der Waals surface area contributed by atoms with E-state index < -0.39 is 0 Å². The van der Waals surface area contributed by atoms with Crippen LogP contribution in [0.4, 0.5) is 0 Å². The summed E-state index contributed by atoms with van der Waals surface area (Å²) >= 11 is 0. The molecule has 108 valence electrons. The second kappa shape index (κ2) is 7.39. The molecule has 1 N–H and O–H groups in total. The maximum absolute atomic E-state index is 5.85. The van der Waals surface area contributed by atoms with Crippen LogP contribution in [-0.4, -0.2) is 33.5 Å². The standard InChI is InChI=1S/C17H23NO2/c1-13(11-19-3)20-12-17(18-2)16-10-6-8-14-7-4-5-9-15(14)16/h4-10,13,17-18H,11-12H2,1-3H3. The molecule has 0 amide bonds. The summed E-state index contributed by atoms with van der Waals surface area (Å²) in [6.07, 6.45) is 0.103. The van der Waals surface area contributed by atoms with Crippen LogP contribution < -0.4 is 5.32 Å². The van der Waals surface area contributed by atoms with Gasteiger partial charge in [-0.2, -0.15) is 0 Å². The molecule has 0 saturated carbocycles. The molecule has 0 aromatic heterocycles. The number of fused-ring (bicyclic) bond motifs is 1. The highest BCUT2D eigenvalue weighted by atomic mass is 16.5. The zero-order valence-electron chi connectivity index (χ0n) is 12.4. The van der Waals surface area contributed by atoms with Crippen molar-refractivity contribution >= 4 is 10.8 Å². The highest BCUT2D eigenvalue weighted by Crippen LogP contribution is 2.24. The molecule has 0 radical (unpaired) electrons. The van der Waals surface area contributed by atoms with Crippen LogP contribution in [0.2, 0.25) is 0 Å². The molecule has 3 nitrogen and oxygen atoms in total. The van der Waals surface area contributed by atoms with E-state index >= 15 is 0 Å². The molecule has 2 atom stereocenters. The number of methoxy groups -OCH3 is 1. The Morgan fingerprint density at radius 2 is 1.80 bits per heavy atom. The van der Waals surface area contributed by atoms with Crippen LogP contribution in [0.25, 0.3) is 10.8 Å². The summed E-state index contributed by atoms with van der Waals surface area (Å²) in [5, 5.41) is 5.88. The van der Waals surface area contributed by atoms with Crippen LogP contribution in [0.15, 0.2) is 42.5 Å². The quantitative estimate of drug-likeness (QED) is 0.840. The normalized spacial score (nSPS) is 14.3. The van der Waals surface area contributed by atoms with Crippen LogP contribution in [0, 0.1) is 0 Å². The zero-order chi connectivity index (χ0) is 14.4. The number of likely N-dealkylation sites (N-methyl/N-ethyl adjacent to an activating group) is 1. The Bertz CT molecular complexity index is 536. The monoisotopic (exact) mass is 273 g/mol. The lowest BCUT2D eigenvalue weighted by molar-refractivity contribution is 0.000349. The summed E-state index contributed by atoms with van der Waals surface area (Å²) in [4.78, 5) is 0. The first-order valence-corrected chi connectivity index (χ1v) is 7.01. The van der Waals surface area contributed by atoms with Gasteiger partial charge in [0.25, 0.3) is 0 Å². The number of hydrogen-bond donors (Lipinski definition) is 1. The van der Waals surface area contributed by atoms with Gasteiger partial charge in [0.15, 0.2) is 0 Å². The van der Waals surface area contributed by atoms with Gasteiger partial charge in [-0.15, -0.1) is 0 Å². The van der Waals surface area contributed by atoms with Crippen LogP contribution in [0.5, 0.6) is 0 Å². The van der Waals surface area contributed by atoms with Crippen LogP contribution in [0.3, 0.4) is 0 Å². The smallest absolute Gasteiger partial charge is 0.0781 e. The van der Waals surface area contributed by atoms with E-state index in [-0.39, 0.29) is 12.1 Å². The van der Waals surface area contributed by atoms with Gasteiger partial charge in [0.05, 0.1) is 25.4 Å². The largest absolute Gasteiger partial charge is 0.382 e. The molecule has 2 aromatic rings. The predicted octanol–water partition coefficient (Wildman–Crippen LogP) is 3.15. The minimum absolute atomic E-state index is 0.103. The SMILES string of the molecule is CNC(COC(C)COC)c1cccc2ccccc12. The molecular formula is C17H23NO2. The molecule has 0 spiro atoms. The van der Waals surface area contributed by atoms with Crippen LogP contribution in [-0.2, 0) is 9.47 Å². The van der Waals surface area contributed by atoms with Crippen molar-refractivity contribution in [3.8, 4) is 0 Å². The Morgan fingerprint density at radius 3 is 2.55 bits per heavy atom. The molecule has 0 saturated heterocycles. The summed E-state index contributed by atoms with van der Waals surface area (Å²) in [7, 11) is 3.66. The van der Waals surface area contributed by atoms with Gasteiger partial charge < -0.3 is 14.8 Å². The lowest BCUT2D eigenvalue weighted by Crippen LogP contribution is -2.26. The van der Waals surface area contributed by atoms with Gasteiger partial charge in [0.1, 0.15) is 0 Å². The number of benzene rings is 2. The Hall–Kier alpha value is -1.42. The lowest BCUT2D eigenvalue weighted by atomic mass is 9.99. The summed E-state index contributed by atoms with van der Waals surface area (Å²) in [6.45, 7) is 3.28. The van der Waals surface area contributed by atoms with Gasteiger partial charge in [-0.3, -0.25) is 0 Å². The third-order valence-electron chi connectivity index (χ3n) is 3.50. The molecule has 2 unspecified atom stereocenters. The van der Waals surface area contributed by atoms with Crippen LogP contribution in [0.1, 0.15) is 18.5 Å². The minimum atomic E-state index is 0.103. The van der Waals surface area contributed by atoms with E-state index in [1.165, 1.54) is 16.3 Å². The van der Waals surface area contributed by atoms with Crippen LogP contribution >= 0.6 is 0 Å². The Labute approximate surface area is 120 Å². The van der Waals surface area contributed by atoms with E-state index in [1.54, 1.807) is 7.11 Å². The van der Waals surface area contributed by atoms with Gasteiger partial charge in [-0.05, 0) is 30.3 Å². The van der Waals surface area contributed by atoms with E-state index in [0.29, 0.717) is 13.2 Å². The maximum Gasteiger partial charge on any atom is 0.0781 e. The minimum Gasteiger partial charge on any atom is -0.382 e. The molecule has 2 aromatic carbocycles. The third kappa shape index (κ3) is 3.57. The molecule has 0 heterocycles. The first kappa shape index (κ1) is 15.0. The fraction of sp³-hybridized carbons (Fsp3) is 0.412. The Morgan fingerprint density at radius 1 is 1.05 bits per heavy atom. The molecular weight excluding hydrogens is 250 g/mol. The van der Waals surface area contributed by atoms with E-state index in [0.717, 1.165) is 0 Å². The van der Waals surface area contributed by atoms with Gasteiger partial charge in [0, 0.05) is 7.11 Å². The fourth-order valence-electron chi connectivity index (χ4n) is 2.43. The molecule has 3 heteroatoms. The number of hydrogen-bond acceptors (Lipinski definition) is 3. The van der Waals surface area contributed by atoms with E-state index in [4.69, 9.17) is 9.47 Å². The Kier molecular flexibility index (Phi) is 5.53. The first-order chi connectivity index (χ1) is 9.76. The molecule has 0 aliphatic heterocycles. The van der Waals surface area contributed by atoms with E-state index in [2.05, 4.69) is 47.8 Å². The van der Waals surface area contributed by atoms with Crippen molar-refractivity contribution < 1.29 is 9.47 Å². The molecule has 2 rings (SSSR count). The highest BCUT2D eigenvalue weighted by molar-refractivity contribution is 5.86. The lowest BCUT2D eigenvalue weighted by Gasteiger charge is -2.21. The average molecular weight is 273 g/mol. The first-order valence-electron chi connectivity index (χ1n) is 7.01. The van der Waals surface area contributed by atoms with Crippen molar-refractivity contribution in [1.82, 2.24) is 5.32 Å². The van der Waals surface area contributed by atoms with Crippen molar-refractivity contribution in [2.75, 3.05) is 27.4 Å². The molecule has 0 fully saturated rings. The summed E-state index contributed by atoms with van der Waals surface area (Å²) in [6, 6.07) is 15.0. The predicted molar refractivity (Wildman–Crippen MR) is 83.0 cm³/mol. The summed E-state index contributed by atoms with van der Waals surface area (Å²) < 4.78 is 11.0. The molecule has 0 aliphatic rings. The van der Waals surface area contributed by atoms with Crippen molar-refractivity contribution in [3.63, 3.8) is 0 Å². The van der Waals surface area contributed by atoms with Gasteiger partial charge in [-0.25, -0.2) is 0 Å². The van der Waals surface area contributed by atoms with Gasteiger partial charge >= 0.3 is 0 Å². The van der Waals surface area contributed by atoms with Gasteiger partial charge in [-0.1, -0.05) is 42.5 Å². The zero-order valence-corrected chi connectivity index (χ0v) is 12.4. The summed E-state index contributed by atoms with van der Waals surface area (Å²) in [5.41, 5.74) is 1.27. The van der Waals surface area contributed by atoms with E-state index in [1.807, 2.05) is 14.0 Å². The fourth-order valence-corrected chi connectivity index (χ4v) is 2.43. The van der Waals surface area contributed by atoms with Crippen molar-refractivity contribution in [2.45, 2.75) is 19.1 Å². The highest BCUT2D eigenvalue weighted by Gasteiger charge is 2.14. The number of ether oxygens (including phenoxy) is 2. The molecule has 0 bridgehead atoms. The third-order valence-corrected chi connectivity index (χ3v) is 3.50. The Balaban J connectivity index is 2.17. The maximum atomic E-state index is 5.85. The number of nitrogens with one attached hydrogen (secondary N) is 1. The summed E-state index contributed by atoms with van der Waals surface area (Å²) in [5.74, 6) is 0. The van der Waals surface area contributed by atoms with Crippen molar-refractivity contribution in [1.29, 1.82) is 0 Å². The second-order valence-electron chi connectivity index (χ2n) is 5.01. The van der Waals surface area contributed by atoms with Crippen molar-refractivity contribution in [2.24, 2.45) is 0 Å². The van der Waals surface area contributed by atoms with E-state index in [9.17, 15) is 0 Å². The molecule has 20 heavy (non-hydrogen) atoms. The second-order valence-corrected chi connectivity index (χ2v) is 5.01. The average Bonchev–Trinajstić information content (AvgIpc) is 2.48. The topological polar surface area (TPSA) is 30.5 Å². The van der Waals surface area contributed by atoms with Crippen molar-refractivity contribution in [3.05, 3.63) is 48.0 Å². The van der Waals surface area contributed by atoms with Gasteiger partial charge in [0.2, 0.25) is 0 Å². The molecule has 0 aliphatic carbocycles. The number of rotatable bonds is 7.